The van der Waals surface area contributed by atoms with Gasteiger partial charge in [-0.3, -0.25) is 15.0 Å². The lowest BCUT2D eigenvalue weighted by atomic mass is 10.1. The minimum Gasteiger partial charge on any atom is -0.383 e. The first-order valence-electron chi connectivity index (χ1n) is 7.23. The highest BCUT2D eigenvalue weighted by Gasteiger charge is 2.16. The molecule has 0 fully saturated rings. The third-order valence-electron chi connectivity index (χ3n) is 3.32. The van der Waals surface area contributed by atoms with Crippen LogP contribution in [0, 0.1) is 10.1 Å². The number of nitrogens with one attached hydrogen (secondary N) is 1. The first-order chi connectivity index (χ1) is 9.99. The molecule has 0 atom stereocenters. The first-order valence-corrected chi connectivity index (χ1v) is 7.23. The van der Waals surface area contributed by atoms with E-state index in [9.17, 15) is 10.1 Å². The summed E-state index contributed by atoms with van der Waals surface area (Å²) in [5.41, 5.74) is 1.64. The average Bonchev–Trinajstić information content (AvgIpc) is 2.44. The smallest absolute Gasteiger partial charge is 0.292 e. The molecule has 6 nitrogen and oxygen atoms in total. The minimum absolute atomic E-state index is 0.129. The zero-order valence-electron chi connectivity index (χ0n) is 13.3. The number of benzene rings is 1. The number of ether oxygens (including phenoxy) is 1. The van der Waals surface area contributed by atoms with Crippen molar-refractivity contribution in [2.45, 2.75) is 33.4 Å². The van der Waals surface area contributed by atoms with Crippen molar-refractivity contribution in [3.8, 4) is 0 Å². The molecule has 0 spiro atoms. The Hall–Kier alpha value is -1.66. The Labute approximate surface area is 126 Å². The lowest BCUT2D eigenvalue weighted by Gasteiger charge is -2.26. The number of methoxy groups -OCH3 is 1. The number of nitro groups is 1. The van der Waals surface area contributed by atoms with E-state index in [0.717, 1.165) is 12.1 Å². The van der Waals surface area contributed by atoms with Crippen molar-refractivity contribution < 1.29 is 9.66 Å². The van der Waals surface area contributed by atoms with E-state index in [4.69, 9.17) is 4.74 Å². The van der Waals surface area contributed by atoms with Crippen molar-refractivity contribution in [2.24, 2.45) is 0 Å². The highest BCUT2D eigenvalue weighted by atomic mass is 16.6. The molecule has 6 heteroatoms. The maximum atomic E-state index is 11.2. The number of hydrogen-bond acceptors (Lipinski definition) is 5. The molecule has 0 amide bonds. The molecule has 1 aromatic rings. The average molecular weight is 295 g/mol. The molecule has 0 saturated heterocycles. The van der Waals surface area contributed by atoms with Gasteiger partial charge in [-0.25, -0.2) is 0 Å². The van der Waals surface area contributed by atoms with E-state index in [1.165, 1.54) is 0 Å². The van der Waals surface area contributed by atoms with E-state index in [0.29, 0.717) is 31.4 Å². The van der Waals surface area contributed by atoms with Gasteiger partial charge in [0.15, 0.2) is 0 Å². The fourth-order valence-corrected chi connectivity index (χ4v) is 2.13. The number of rotatable bonds is 9. The zero-order valence-corrected chi connectivity index (χ0v) is 13.3. The monoisotopic (exact) mass is 295 g/mol. The topological polar surface area (TPSA) is 67.6 Å². The van der Waals surface area contributed by atoms with Crippen LogP contribution in [0.5, 0.6) is 0 Å². The van der Waals surface area contributed by atoms with Crippen LogP contribution in [-0.4, -0.2) is 42.7 Å². The van der Waals surface area contributed by atoms with E-state index in [1.807, 2.05) is 13.0 Å². The van der Waals surface area contributed by atoms with Gasteiger partial charge in [-0.15, -0.1) is 0 Å². The Kier molecular flexibility index (Phi) is 7.11. The summed E-state index contributed by atoms with van der Waals surface area (Å²) in [6.07, 6.45) is 0. The van der Waals surface area contributed by atoms with Gasteiger partial charge >= 0.3 is 0 Å². The number of anilines is 1. The fourth-order valence-electron chi connectivity index (χ4n) is 2.13. The quantitative estimate of drug-likeness (QED) is 0.560. The van der Waals surface area contributed by atoms with Crippen molar-refractivity contribution >= 4 is 11.4 Å². The van der Waals surface area contributed by atoms with Crippen molar-refractivity contribution in [1.82, 2.24) is 4.90 Å². The summed E-state index contributed by atoms with van der Waals surface area (Å²) in [5, 5.41) is 14.2. The standard InChI is InChI=1S/C15H25N3O3/c1-5-16-14-7-6-13(10-15(14)18(19)20)11-17(12(2)3)8-9-21-4/h6-7,10,12,16H,5,8-9,11H2,1-4H3. The summed E-state index contributed by atoms with van der Waals surface area (Å²) < 4.78 is 5.11. The zero-order chi connectivity index (χ0) is 15.8. The maximum Gasteiger partial charge on any atom is 0.292 e. The van der Waals surface area contributed by atoms with E-state index < -0.39 is 0 Å². The van der Waals surface area contributed by atoms with Gasteiger partial charge in [0.1, 0.15) is 5.69 Å². The van der Waals surface area contributed by atoms with Crippen molar-refractivity contribution in [3.63, 3.8) is 0 Å². The van der Waals surface area contributed by atoms with Gasteiger partial charge in [0, 0.05) is 38.9 Å². The van der Waals surface area contributed by atoms with Gasteiger partial charge in [0.05, 0.1) is 11.5 Å². The van der Waals surface area contributed by atoms with E-state index >= 15 is 0 Å². The highest BCUT2D eigenvalue weighted by Crippen LogP contribution is 2.26. The second kappa shape index (κ2) is 8.59. The molecule has 21 heavy (non-hydrogen) atoms. The SMILES string of the molecule is CCNc1ccc(CN(CCOC)C(C)C)cc1[N+](=O)[O-]. The molecule has 0 aromatic heterocycles. The summed E-state index contributed by atoms with van der Waals surface area (Å²) in [7, 11) is 1.68. The van der Waals surface area contributed by atoms with Gasteiger partial charge in [-0.1, -0.05) is 6.07 Å². The largest absolute Gasteiger partial charge is 0.383 e. The second-order valence-corrected chi connectivity index (χ2v) is 5.20. The molecule has 1 aromatic carbocycles. The molecule has 118 valence electrons. The molecule has 0 heterocycles. The van der Waals surface area contributed by atoms with Crippen LogP contribution in [0.1, 0.15) is 26.3 Å². The van der Waals surface area contributed by atoms with E-state index in [1.54, 1.807) is 19.2 Å². The molecular formula is C15H25N3O3. The third kappa shape index (κ3) is 5.32. The molecule has 0 aliphatic carbocycles. The molecule has 1 rings (SSSR count). The van der Waals surface area contributed by atoms with Crippen LogP contribution < -0.4 is 5.32 Å². The Balaban J connectivity index is 2.91. The van der Waals surface area contributed by atoms with Crippen LogP contribution >= 0.6 is 0 Å². The lowest BCUT2D eigenvalue weighted by Crippen LogP contribution is -2.33. The van der Waals surface area contributed by atoms with Crippen LogP contribution in [0.3, 0.4) is 0 Å². The van der Waals surface area contributed by atoms with Gasteiger partial charge in [-0.05, 0) is 32.4 Å². The van der Waals surface area contributed by atoms with Gasteiger partial charge < -0.3 is 10.1 Å². The van der Waals surface area contributed by atoms with Crippen LogP contribution in [0.15, 0.2) is 18.2 Å². The van der Waals surface area contributed by atoms with E-state index in [2.05, 4.69) is 24.1 Å². The molecule has 1 N–H and O–H groups in total. The Morgan fingerprint density at radius 1 is 1.43 bits per heavy atom. The third-order valence-corrected chi connectivity index (χ3v) is 3.32. The highest BCUT2D eigenvalue weighted by molar-refractivity contribution is 5.62. The van der Waals surface area contributed by atoms with Crippen LogP contribution in [0.2, 0.25) is 0 Å². The van der Waals surface area contributed by atoms with Gasteiger partial charge in [0.2, 0.25) is 0 Å². The van der Waals surface area contributed by atoms with E-state index in [-0.39, 0.29) is 10.6 Å². The van der Waals surface area contributed by atoms with Crippen molar-refractivity contribution in [2.75, 3.05) is 32.1 Å². The number of hydrogen-bond donors (Lipinski definition) is 1. The Morgan fingerprint density at radius 2 is 2.14 bits per heavy atom. The summed E-state index contributed by atoms with van der Waals surface area (Å²) in [4.78, 5) is 13.1. The van der Waals surface area contributed by atoms with Crippen LogP contribution in [-0.2, 0) is 11.3 Å². The first kappa shape index (κ1) is 17.4. The summed E-state index contributed by atoms with van der Waals surface area (Å²) in [5.74, 6) is 0. The molecule has 0 unspecified atom stereocenters. The van der Waals surface area contributed by atoms with Crippen LogP contribution in [0.25, 0.3) is 0 Å². The minimum atomic E-state index is -0.337. The van der Waals surface area contributed by atoms with Gasteiger partial charge in [0.25, 0.3) is 5.69 Å². The van der Waals surface area contributed by atoms with Crippen LogP contribution in [0.4, 0.5) is 11.4 Å². The molecule has 0 saturated carbocycles. The second-order valence-electron chi connectivity index (χ2n) is 5.20. The van der Waals surface area contributed by atoms with Crippen molar-refractivity contribution in [1.29, 1.82) is 0 Å². The molecule has 0 radical (unpaired) electrons. The Bertz CT molecular complexity index is 463. The normalized spacial score (nSPS) is 11.1. The Morgan fingerprint density at radius 3 is 2.67 bits per heavy atom. The molecule has 0 aliphatic heterocycles. The lowest BCUT2D eigenvalue weighted by molar-refractivity contribution is -0.384. The van der Waals surface area contributed by atoms with Gasteiger partial charge in [-0.2, -0.15) is 0 Å². The molecule has 0 bridgehead atoms. The number of nitro benzene ring substituents is 1. The predicted octanol–water partition coefficient (Wildman–Crippen LogP) is 2.88. The predicted molar refractivity (Wildman–Crippen MR) is 84.7 cm³/mol. The molecular weight excluding hydrogens is 270 g/mol. The summed E-state index contributed by atoms with van der Waals surface area (Å²) in [6.45, 7) is 8.92. The number of nitrogens with zero attached hydrogens (tertiary/aromatic N) is 2. The fraction of sp³-hybridized carbons (Fsp3) is 0.600. The summed E-state index contributed by atoms with van der Waals surface area (Å²) >= 11 is 0. The van der Waals surface area contributed by atoms with Crippen molar-refractivity contribution in [3.05, 3.63) is 33.9 Å². The summed E-state index contributed by atoms with van der Waals surface area (Å²) in [6, 6.07) is 5.73. The molecule has 0 aliphatic rings. The maximum absolute atomic E-state index is 11.2.